The zero-order valence-electron chi connectivity index (χ0n) is 12.1. The first-order valence-electron chi connectivity index (χ1n) is 6.97. The number of hydrogen-bond acceptors (Lipinski definition) is 1. The van der Waals surface area contributed by atoms with Gasteiger partial charge in [0.15, 0.2) is 0 Å². The van der Waals surface area contributed by atoms with Gasteiger partial charge in [-0.3, -0.25) is 4.79 Å². The molecule has 106 valence electrons. The molecule has 0 aliphatic rings. The van der Waals surface area contributed by atoms with Gasteiger partial charge in [-0.05, 0) is 25.3 Å². The molecule has 0 aliphatic heterocycles. The minimum atomic E-state index is -0.122. The van der Waals surface area contributed by atoms with Gasteiger partial charge in [0, 0.05) is 17.8 Å². The zero-order valence-corrected chi connectivity index (χ0v) is 12.8. The Morgan fingerprint density at radius 2 is 1.84 bits per heavy atom. The fourth-order valence-electron chi connectivity index (χ4n) is 2.06. The molecular formula is C16H24ClNO. The van der Waals surface area contributed by atoms with Crippen LogP contribution in [0.5, 0.6) is 0 Å². The Bertz CT molecular complexity index is 379. The zero-order chi connectivity index (χ0) is 14.3. The molecule has 0 aliphatic carbocycles. The Hall–Kier alpha value is -1.02. The largest absolute Gasteiger partial charge is 0.355 e. The minimum Gasteiger partial charge on any atom is -0.355 e. The monoisotopic (exact) mass is 281 g/mol. The summed E-state index contributed by atoms with van der Waals surface area (Å²) < 4.78 is 0. The molecule has 0 radical (unpaired) electrons. The lowest BCUT2D eigenvalue weighted by molar-refractivity contribution is -0.122. The molecule has 3 heteroatoms. The van der Waals surface area contributed by atoms with Gasteiger partial charge in [-0.25, -0.2) is 0 Å². The molecule has 1 N–H and O–H groups in total. The van der Waals surface area contributed by atoms with Crippen LogP contribution in [-0.4, -0.2) is 18.3 Å². The summed E-state index contributed by atoms with van der Waals surface area (Å²) in [6.45, 7) is 6.84. The van der Waals surface area contributed by atoms with Crippen molar-refractivity contribution in [2.24, 2.45) is 5.41 Å². The summed E-state index contributed by atoms with van der Waals surface area (Å²) in [5.41, 5.74) is 1.07. The molecule has 1 amide bonds. The lowest BCUT2D eigenvalue weighted by Gasteiger charge is -2.30. The Morgan fingerprint density at radius 3 is 2.32 bits per heavy atom. The molecule has 1 aromatic rings. The van der Waals surface area contributed by atoms with Crippen LogP contribution in [0.2, 0.25) is 0 Å². The molecule has 0 heterocycles. The van der Waals surface area contributed by atoms with Crippen LogP contribution in [0, 0.1) is 5.41 Å². The number of alkyl halides is 1. The maximum absolute atomic E-state index is 12.2. The van der Waals surface area contributed by atoms with Crippen molar-refractivity contribution in [1.29, 1.82) is 0 Å². The molecule has 19 heavy (non-hydrogen) atoms. The van der Waals surface area contributed by atoms with Crippen molar-refractivity contribution in [2.75, 3.05) is 12.4 Å². The first kappa shape index (κ1) is 16.0. The van der Waals surface area contributed by atoms with Crippen LogP contribution in [-0.2, 0) is 4.79 Å². The smallest absolute Gasteiger partial charge is 0.227 e. The minimum absolute atomic E-state index is 0.0215. The summed E-state index contributed by atoms with van der Waals surface area (Å²) in [6.07, 6.45) is 1.96. The number of benzene rings is 1. The molecule has 0 spiro atoms. The quantitative estimate of drug-likeness (QED) is 0.753. The Morgan fingerprint density at radius 1 is 1.26 bits per heavy atom. The van der Waals surface area contributed by atoms with Gasteiger partial charge >= 0.3 is 0 Å². The fraction of sp³-hybridized carbons (Fsp3) is 0.562. The van der Waals surface area contributed by atoms with Gasteiger partial charge < -0.3 is 5.32 Å². The molecular weight excluding hydrogens is 258 g/mol. The number of carbonyl (C=O) groups excluding carboxylic acids is 1. The fourth-order valence-corrected chi connectivity index (χ4v) is 2.53. The van der Waals surface area contributed by atoms with E-state index in [4.69, 9.17) is 11.6 Å². The van der Waals surface area contributed by atoms with Crippen molar-refractivity contribution >= 4 is 17.5 Å². The highest BCUT2D eigenvalue weighted by Gasteiger charge is 2.26. The number of hydrogen-bond donors (Lipinski definition) is 1. The predicted molar refractivity (Wildman–Crippen MR) is 81.6 cm³/mol. The Labute approximate surface area is 121 Å². The van der Waals surface area contributed by atoms with Crippen LogP contribution < -0.4 is 5.32 Å². The van der Waals surface area contributed by atoms with E-state index in [0.29, 0.717) is 12.4 Å². The van der Waals surface area contributed by atoms with Gasteiger partial charge in [0.25, 0.3) is 0 Å². The molecule has 2 nitrogen and oxygen atoms in total. The normalized spacial score (nSPS) is 13.1. The lowest BCUT2D eigenvalue weighted by atomic mass is 9.84. The summed E-state index contributed by atoms with van der Waals surface area (Å²) in [4.78, 5) is 12.2. The second kappa shape index (κ2) is 7.54. The number of nitrogens with one attached hydrogen (secondary N) is 1. The maximum atomic E-state index is 12.2. The third-order valence-corrected chi connectivity index (χ3v) is 4.68. The Kier molecular flexibility index (Phi) is 6.36. The third-order valence-electron chi connectivity index (χ3n) is 4.11. The molecule has 1 rings (SSSR count). The summed E-state index contributed by atoms with van der Waals surface area (Å²) in [6, 6.07) is 9.85. The number of rotatable bonds is 7. The average molecular weight is 282 g/mol. The van der Waals surface area contributed by atoms with Crippen molar-refractivity contribution < 1.29 is 4.79 Å². The van der Waals surface area contributed by atoms with Crippen molar-refractivity contribution in [2.45, 2.75) is 39.5 Å². The van der Waals surface area contributed by atoms with Crippen LogP contribution >= 0.6 is 11.6 Å². The second-order valence-electron chi connectivity index (χ2n) is 5.19. The number of halogens is 1. The van der Waals surface area contributed by atoms with Gasteiger partial charge in [-0.15, -0.1) is 11.6 Å². The van der Waals surface area contributed by atoms with Gasteiger partial charge in [0.05, 0.1) is 5.92 Å². The summed E-state index contributed by atoms with van der Waals surface area (Å²) >= 11 is 6.05. The SMILES string of the molecule is CCC(CC)(CCl)CNC(=O)C(C)c1ccccc1. The first-order valence-corrected chi connectivity index (χ1v) is 7.50. The van der Waals surface area contributed by atoms with E-state index in [9.17, 15) is 4.79 Å². The molecule has 0 aromatic heterocycles. The van der Waals surface area contributed by atoms with Gasteiger partial charge in [0.2, 0.25) is 5.91 Å². The van der Waals surface area contributed by atoms with Crippen molar-refractivity contribution in [3.63, 3.8) is 0 Å². The van der Waals surface area contributed by atoms with Crippen molar-refractivity contribution in [3.05, 3.63) is 35.9 Å². The van der Waals surface area contributed by atoms with Gasteiger partial charge in [-0.2, -0.15) is 0 Å². The van der Waals surface area contributed by atoms with E-state index < -0.39 is 0 Å². The lowest BCUT2D eigenvalue weighted by Crippen LogP contribution is -2.39. The molecule has 0 fully saturated rings. The highest BCUT2D eigenvalue weighted by molar-refractivity contribution is 6.18. The molecule has 0 saturated carbocycles. The highest BCUT2D eigenvalue weighted by Crippen LogP contribution is 2.27. The Balaban J connectivity index is 2.60. The topological polar surface area (TPSA) is 29.1 Å². The van der Waals surface area contributed by atoms with E-state index in [0.717, 1.165) is 18.4 Å². The predicted octanol–water partition coefficient (Wildman–Crippen LogP) is 3.95. The van der Waals surface area contributed by atoms with Crippen LogP contribution in [0.1, 0.15) is 45.1 Å². The van der Waals surface area contributed by atoms with Gasteiger partial charge in [-0.1, -0.05) is 44.2 Å². The highest BCUT2D eigenvalue weighted by atomic mass is 35.5. The van der Waals surface area contributed by atoms with Gasteiger partial charge in [0.1, 0.15) is 0 Å². The van der Waals surface area contributed by atoms with Crippen LogP contribution in [0.3, 0.4) is 0 Å². The maximum Gasteiger partial charge on any atom is 0.227 e. The third kappa shape index (κ3) is 4.24. The summed E-state index contributed by atoms with van der Waals surface area (Å²) in [7, 11) is 0. The average Bonchev–Trinajstić information content (AvgIpc) is 2.49. The van der Waals surface area contributed by atoms with Crippen LogP contribution in [0.15, 0.2) is 30.3 Å². The molecule has 0 saturated heterocycles. The second-order valence-corrected chi connectivity index (χ2v) is 5.46. The van der Waals surface area contributed by atoms with E-state index >= 15 is 0 Å². The van der Waals surface area contributed by atoms with Crippen molar-refractivity contribution in [3.8, 4) is 0 Å². The molecule has 1 unspecified atom stereocenters. The van der Waals surface area contributed by atoms with E-state index in [-0.39, 0.29) is 17.2 Å². The van der Waals surface area contributed by atoms with E-state index in [1.807, 2.05) is 37.3 Å². The number of carbonyl (C=O) groups is 1. The first-order chi connectivity index (χ1) is 9.08. The van der Waals surface area contributed by atoms with E-state index in [2.05, 4.69) is 19.2 Å². The molecule has 1 aromatic carbocycles. The number of amides is 1. The molecule has 1 atom stereocenters. The van der Waals surface area contributed by atoms with E-state index in [1.165, 1.54) is 0 Å². The van der Waals surface area contributed by atoms with Crippen molar-refractivity contribution in [1.82, 2.24) is 5.32 Å². The van der Waals surface area contributed by atoms with E-state index in [1.54, 1.807) is 0 Å². The molecule has 0 bridgehead atoms. The summed E-state index contributed by atoms with van der Waals surface area (Å²) in [5, 5.41) is 3.05. The summed E-state index contributed by atoms with van der Waals surface area (Å²) in [5.74, 6) is 0.533. The van der Waals surface area contributed by atoms with Crippen LogP contribution in [0.4, 0.5) is 0 Å². The standard InChI is InChI=1S/C16H24ClNO/c1-4-16(5-2,11-17)12-18-15(19)13(3)14-9-7-6-8-10-14/h6-10,13H,4-5,11-12H2,1-3H3,(H,18,19). The van der Waals surface area contributed by atoms with Crippen LogP contribution in [0.25, 0.3) is 0 Å².